The fraction of sp³-hybridized carbons (Fsp3) is 0.294. The van der Waals surface area contributed by atoms with E-state index in [9.17, 15) is 25.3 Å². The van der Waals surface area contributed by atoms with Crippen molar-refractivity contribution in [2.24, 2.45) is 0 Å². The molecule has 0 amide bonds. The number of ether oxygens (including phenoxy) is 4. The van der Waals surface area contributed by atoms with Crippen LogP contribution in [0.25, 0.3) is 0 Å². The van der Waals surface area contributed by atoms with E-state index >= 15 is 0 Å². The van der Waals surface area contributed by atoms with Crippen molar-refractivity contribution in [1.82, 2.24) is 8.61 Å². The lowest BCUT2D eigenvalue weighted by Crippen LogP contribution is -2.54. The second-order valence-corrected chi connectivity index (χ2v) is 17.2. The molecule has 15 heteroatoms. The van der Waals surface area contributed by atoms with Gasteiger partial charge in [0.15, 0.2) is 9.84 Å². The van der Waals surface area contributed by atoms with Gasteiger partial charge in [-0.15, -0.1) is 0 Å². The van der Waals surface area contributed by atoms with Gasteiger partial charge in [-0.1, -0.05) is 60.7 Å². The molecule has 1 saturated heterocycles. The highest BCUT2D eigenvalue weighted by molar-refractivity contribution is 7.92. The molecular formula is C34H38N2O10S3. The Hall–Kier alpha value is -4.15. The number of sulfone groups is 1. The largest absolute Gasteiger partial charge is 0.497 e. The summed E-state index contributed by atoms with van der Waals surface area (Å²) < 4.78 is 110. The zero-order valence-corrected chi connectivity index (χ0v) is 29.9. The molecule has 0 saturated carbocycles. The van der Waals surface area contributed by atoms with Crippen LogP contribution in [0, 0.1) is 0 Å². The third kappa shape index (κ3) is 7.70. The first kappa shape index (κ1) is 36.1. The van der Waals surface area contributed by atoms with Crippen molar-refractivity contribution >= 4 is 29.9 Å². The fourth-order valence-corrected chi connectivity index (χ4v) is 11.7. The molecule has 0 aliphatic carbocycles. The monoisotopic (exact) mass is 730 g/mol. The van der Waals surface area contributed by atoms with E-state index in [1.54, 1.807) is 60.7 Å². The average Bonchev–Trinajstić information content (AvgIpc) is 3.43. The number of benzene rings is 4. The zero-order chi connectivity index (χ0) is 35.4. The molecule has 0 bridgehead atoms. The molecule has 4 aromatic rings. The summed E-state index contributed by atoms with van der Waals surface area (Å²) in [4.78, 5) is -0.527. The van der Waals surface area contributed by atoms with Gasteiger partial charge < -0.3 is 18.9 Å². The van der Waals surface area contributed by atoms with E-state index in [0.29, 0.717) is 11.1 Å². The summed E-state index contributed by atoms with van der Waals surface area (Å²) >= 11 is 0. The number of hydrogen-bond donors (Lipinski definition) is 0. The summed E-state index contributed by atoms with van der Waals surface area (Å²) in [5.41, 5.74) is 1.12. The molecule has 1 heterocycles. The van der Waals surface area contributed by atoms with Crippen LogP contribution in [-0.4, -0.2) is 85.9 Å². The van der Waals surface area contributed by atoms with Gasteiger partial charge in [0.2, 0.25) is 20.0 Å². The maximum atomic E-state index is 14.8. The van der Waals surface area contributed by atoms with Crippen LogP contribution in [0.4, 0.5) is 0 Å². The number of sulfonamides is 2. The normalized spacial score (nSPS) is 17.6. The Labute approximate surface area is 287 Å². The molecule has 1 aliphatic heterocycles. The molecule has 4 aromatic carbocycles. The molecule has 1 fully saturated rings. The summed E-state index contributed by atoms with van der Waals surface area (Å²) in [6.45, 7) is -0.524. The Balaban J connectivity index is 1.74. The van der Waals surface area contributed by atoms with Gasteiger partial charge in [0, 0.05) is 25.2 Å². The van der Waals surface area contributed by atoms with E-state index in [-0.39, 0.29) is 45.9 Å². The van der Waals surface area contributed by atoms with Crippen LogP contribution in [0.3, 0.4) is 0 Å². The highest BCUT2D eigenvalue weighted by atomic mass is 32.2. The third-order valence-electron chi connectivity index (χ3n) is 8.31. The van der Waals surface area contributed by atoms with E-state index in [2.05, 4.69) is 0 Å². The summed E-state index contributed by atoms with van der Waals surface area (Å²) in [6.07, 6.45) is 0. The van der Waals surface area contributed by atoms with Gasteiger partial charge in [0.1, 0.15) is 32.8 Å². The van der Waals surface area contributed by atoms with E-state index < -0.39 is 53.5 Å². The zero-order valence-electron chi connectivity index (χ0n) is 27.4. The lowest BCUT2D eigenvalue weighted by molar-refractivity contribution is 0.218. The van der Waals surface area contributed by atoms with Crippen LogP contribution in [0.1, 0.15) is 11.1 Å². The minimum absolute atomic E-state index is 0.00569. The molecule has 262 valence electrons. The van der Waals surface area contributed by atoms with Crippen LogP contribution in [0.15, 0.2) is 107 Å². The number of methoxy groups -OCH3 is 4. The molecule has 5 rings (SSSR count). The molecule has 0 unspecified atom stereocenters. The van der Waals surface area contributed by atoms with Crippen LogP contribution < -0.4 is 18.9 Å². The second kappa shape index (κ2) is 14.8. The van der Waals surface area contributed by atoms with Crippen molar-refractivity contribution < 1.29 is 44.2 Å². The SMILES string of the molecule is COc1ccc(OC)c(S(=O)(=O)N(Cc2ccccc2)[C@H]2CS(=O)(=O)C[C@@H]2N(Cc2ccccc2)S(=O)(=O)c2cc(OC)ccc2OC)c1. The van der Waals surface area contributed by atoms with Gasteiger partial charge in [-0.2, -0.15) is 8.61 Å². The predicted molar refractivity (Wildman–Crippen MR) is 184 cm³/mol. The van der Waals surface area contributed by atoms with Crippen molar-refractivity contribution in [3.63, 3.8) is 0 Å². The molecule has 0 radical (unpaired) electrons. The molecule has 12 nitrogen and oxygen atoms in total. The number of nitrogens with zero attached hydrogens (tertiary/aromatic N) is 2. The predicted octanol–water partition coefficient (Wildman–Crippen LogP) is 3.97. The fourth-order valence-electron chi connectivity index (χ4n) is 5.87. The Morgan fingerprint density at radius 1 is 0.571 bits per heavy atom. The Morgan fingerprint density at radius 2 is 0.939 bits per heavy atom. The van der Waals surface area contributed by atoms with Gasteiger partial charge in [-0.05, 0) is 35.4 Å². The molecule has 0 aromatic heterocycles. The molecular weight excluding hydrogens is 693 g/mol. The topological polar surface area (TPSA) is 146 Å². The standard InChI is InChI=1S/C34H38N2O10S3/c1-43-27-15-17-31(45-3)33(19-27)48(39,40)35(21-25-11-7-5-8-12-25)29-23-47(37,38)24-30(29)36(22-26-13-9-6-10-14-26)49(41,42)34-20-28(44-2)16-18-32(34)46-4/h5-20,29-30H,21-24H2,1-4H3/t29-,30-/m0/s1. The summed E-state index contributed by atoms with van der Waals surface area (Å²) in [6, 6.07) is 23.1. The Bertz CT molecular complexity index is 1950. The first-order valence-corrected chi connectivity index (χ1v) is 19.8. The molecule has 1 aliphatic rings. The van der Waals surface area contributed by atoms with E-state index in [4.69, 9.17) is 18.9 Å². The lowest BCUT2D eigenvalue weighted by Gasteiger charge is -2.37. The van der Waals surface area contributed by atoms with Gasteiger partial charge in [0.05, 0.1) is 52.0 Å². The van der Waals surface area contributed by atoms with Crippen molar-refractivity contribution in [3.05, 3.63) is 108 Å². The molecule has 49 heavy (non-hydrogen) atoms. The number of rotatable bonds is 14. The van der Waals surface area contributed by atoms with Crippen LogP contribution in [0.5, 0.6) is 23.0 Å². The van der Waals surface area contributed by atoms with Gasteiger partial charge in [0.25, 0.3) is 0 Å². The maximum Gasteiger partial charge on any atom is 0.247 e. The van der Waals surface area contributed by atoms with Crippen molar-refractivity contribution in [3.8, 4) is 23.0 Å². The number of hydrogen-bond acceptors (Lipinski definition) is 10. The van der Waals surface area contributed by atoms with E-state index in [1.807, 2.05) is 0 Å². The van der Waals surface area contributed by atoms with Gasteiger partial charge in [-0.3, -0.25) is 0 Å². The summed E-state index contributed by atoms with van der Waals surface area (Å²) in [5, 5.41) is 0. The second-order valence-electron chi connectivity index (χ2n) is 11.3. The smallest absolute Gasteiger partial charge is 0.247 e. The summed E-state index contributed by atoms with van der Waals surface area (Å²) in [7, 11) is -7.74. The quantitative estimate of drug-likeness (QED) is 0.187. The maximum absolute atomic E-state index is 14.8. The third-order valence-corrected chi connectivity index (χ3v) is 13.8. The highest BCUT2D eigenvalue weighted by Gasteiger charge is 2.51. The van der Waals surface area contributed by atoms with E-state index in [1.165, 1.54) is 64.8 Å². The summed E-state index contributed by atoms with van der Waals surface area (Å²) in [5.74, 6) is -0.795. The average molecular weight is 731 g/mol. The Kier molecular flexibility index (Phi) is 10.9. The van der Waals surface area contributed by atoms with Crippen LogP contribution >= 0.6 is 0 Å². The van der Waals surface area contributed by atoms with Gasteiger partial charge >= 0.3 is 0 Å². The molecule has 2 atom stereocenters. The van der Waals surface area contributed by atoms with Crippen molar-refractivity contribution in [2.45, 2.75) is 35.0 Å². The molecule has 0 spiro atoms. The highest BCUT2D eigenvalue weighted by Crippen LogP contribution is 2.39. The first-order valence-electron chi connectivity index (χ1n) is 15.1. The van der Waals surface area contributed by atoms with Crippen molar-refractivity contribution in [1.29, 1.82) is 0 Å². The van der Waals surface area contributed by atoms with Crippen LogP contribution in [0.2, 0.25) is 0 Å². The lowest BCUT2D eigenvalue weighted by atomic mass is 10.1. The first-order chi connectivity index (χ1) is 23.3. The minimum Gasteiger partial charge on any atom is -0.497 e. The minimum atomic E-state index is -4.58. The van der Waals surface area contributed by atoms with E-state index in [0.717, 1.165) is 8.61 Å². The van der Waals surface area contributed by atoms with Gasteiger partial charge in [-0.25, -0.2) is 25.3 Å². The van der Waals surface area contributed by atoms with Crippen molar-refractivity contribution in [2.75, 3.05) is 39.9 Å². The Morgan fingerprint density at radius 3 is 1.27 bits per heavy atom. The van der Waals surface area contributed by atoms with Crippen LogP contribution in [-0.2, 0) is 43.0 Å². The molecule has 0 N–H and O–H groups in total.